The Morgan fingerprint density at radius 1 is 1.42 bits per heavy atom. The van der Waals surface area contributed by atoms with Gasteiger partial charge in [0, 0.05) is 5.92 Å². The molecule has 0 radical (unpaired) electrons. The first kappa shape index (κ1) is 7.34. The molecule has 1 saturated carbocycles. The van der Waals surface area contributed by atoms with Crippen molar-refractivity contribution in [3.8, 4) is 0 Å². The summed E-state index contributed by atoms with van der Waals surface area (Å²) >= 11 is 0. The smallest absolute Gasteiger partial charge is 0.161 e. The zero-order valence-corrected chi connectivity index (χ0v) is 7.75. The Kier molecular flexibility index (Phi) is 1.25. The average Bonchev–Trinajstić information content (AvgIpc) is 2.30. The van der Waals surface area contributed by atoms with Crippen LogP contribution in [0.1, 0.15) is 33.1 Å². The van der Waals surface area contributed by atoms with E-state index in [2.05, 4.69) is 13.8 Å². The zero-order valence-electron chi connectivity index (χ0n) is 7.75. The highest BCUT2D eigenvalue weighted by atomic mass is 16.7. The zero-order chi connectivity index (χ0) is 8.34. The lowest BCUT2D eigenvalue weighted by atomic mass is 9.73. The van der Waals surface area contributed by atoms with Crippen LogP contribution in [0, 0.1) is 11.8 Å². The first-order chi connectivity index (χ1) is 5.69. The fraction of sp³-hybridized carbons (Fsp3) is 1.00. The molecule has 68 valence electrons. The molecular weight excluding hydrogens is 152 g/mol. The number of hydrogen-bond acceptors (Lipinski definition) is 2. The summed E-state index contributed by atoms with van der Waals surface area (Å²) in [5.41, 5.74) is 0.0614. The SMILES string of the molecule is C[C@@H]1[C@@H]2CC[C@]3(C)O[C@@H]1O[C@@H]3C2. The Hall–Kier alpha value is -0.0800. The number of hydrogen-bond donors (Lipinski definition) is 0. The minimum atomic E-state index is 0.0614. The molecule has 0 unspecified atom stereocenters. The van der Waals surface area contributed by atoms with Gasteiger partial charge in [0.15, 0.2) is 6.29 Å². The van der Waals surface area contributed by atoms with Crippen molar-refractivity contribution in [2.24, 2.45) is 11.8 Å². The van der Waals surface area contributed by atoms with Crippen LogP contribution in [0.4, 0.5) is 0 Å². The standard InChI is InChI=1S/C10H16O2/c1-6-7-3-4-10(2)8(5-7)11-9(6)12-10/h6-9H,3-5H2,1-2H3/t6-,7-,8-,9+,10+/m1/s1. The second-order valence-electron chi connectivity index (χ2n) is 4.82. The predicted molar refractivity (Wildman–Crippen MR) is 44.7 cm³/mol. The van der Waals surface area contributed by atoms with E-state index in [0.29, 0.717) is 12.0 Å². The molecule has 0 aromatic rings. The van der Waals surface area contributed by atoms with E-state index >= 15 is 0 Å². The van der Waals surface area contributed by atoms with Gasteiger partial charge in [-0.3, -0.25) is 0 Å². The normalized spacial score (nSPS) is 62.5. The van der Waals surface area contributed by atoms with Crippen molar-refractivity contribution in [2.75, 3.05) is 0 Å². The molecule has 0 aromatic heterocycles. The van der Waals surface area contributed by atoms with Crippen LogP contribution in [0.3, 0.4) is 0 Å². The van der Waals surface area contributed by atoms with Crippen LogP contribution < -0.4 is 0 Å². The first-order valence-corrected chi connectivity index (χ1v) is 5.02. The molecule has 5 atom stereocenters. The minimum absolute atomic E-state index is 0.0614. The van der Waals surface area contributed by atoms with Gasteiger partial charge in [-0.25, -0.2) is 0 Å². The summed E-state index contributed by atoms with van der Waals surface area (Å²) in [7, 11) is 0. The Morgan fingerprint density at radius 3 is 3.08 bits per heavy atom. The van der Waals surface area contributed by atoms with Gasteiger partial charge in [0.25, 0.3) is 0 Å². The molecule has 0 spiro atoms. The summed E-state index contributed by atoms with van der Waals surface area (Å²) in [5.74, 6) is 1.48. The fourth-order valence-electron chi connectivity index (χ4n) is 3.00. The van der Waals surface area contributed by atoms with Crippen molar-refractivity contribution < 1.29 is 9.47 Å². The Bertz CT molecular complexity index is 216. The van der Waals surface area contributed by atoms with Gasteiger partial charge in [0.05, 0.1) is 11.7 Å². The van der Waals surface area contributed by atoms with Crippen molar-refractivity contribution in [2.45, 2.75) is 51.1 Å². The highest BCUT2D eigenvalue weighted by molar-refractivity contribution is 5.01. The lowest BCUT2D eigenvalue weighted by molar-refractivity contribution is -0.135. The third-order valence-electron chi connectivity index (χ3n) is 4.07. The van der Waals surface area contributed by atoms with Gasteiger partial charge >= 0.3 is 0 Å². The van der Waals surface area contributed by atoms with Gasteiger partial charge in [-0.15, -0.1) is 0 Å². The molecule has 0 N–H and O–H groups in total. The maximum Gasteiger partial charge on any atom is 0.161 e. The summed E-state index contributed by atoms with van der Waals surface area (Å²) < 4.78 is 11.8. The van der Waals surface area contributed by atoms with Crippen LogP contribution in [0.5, 0.6) is 0 Å². The second kappa shape index (κ2) is 2.05. The topological polar surface area (TPSA) is 18.5 Å². The number of fused-ring (bicyclic) bond motifs is 2. The molecule has 2 nitrogen and oxygen atoms in total. The van der Waals surface area contributed by atoms with Gasteiger partial charge in [0.1, 0.15) is 0 Å². The molecule has 3 aliphatic rings. The second-order valence-corrected chi connectivity index (χ2v) is 4.82. The van der Waals surface area contributed by atoms with Gasteiger partial charge in [0.2, 0.25) is 0 Å². The summed E-state index contributed by atoms with van der Waals surface area (Å²) in [5, 5.41) is 0. The van der Waals surface area contributed by atoms with Crippen LogP contribution in [-0.2, 0) is 9.47 Å². The summed E-state index contributed by atoms with van der Waals surface area (Å²) in [4.78, 5) is 0. The minimum Gasteiger partial charge on any atom is -0.346 e. The molecule has 2 heteroatoms. The number of ether oxygens (including phenoxy) is 2. The first-order valence-electron chi connectivity index (χ1n) is 5.02. The highest BCUT2D eigenvalue weighted by Crippen LogP contribution is 2.52. The molecular formula is C10H16O2. The van der Waals surface area contributed by atoms with Crippen LogP contribution >= 0.6 is 0 Å². The Morgan fingerprint density at radius 2 is 2.25 bits per heavy atom. The summed E-state index contributed by atoms with van der Waals surface area (Å²) in [6.07, 6.45) is 4.28. The molecule has 1 aliphatic carbocycles. The maximum absolute atomic E-state index is 5.95. The van der Waals surface area contributed by atoms with E-state index in [1.807, 2.05) is 0 Å². The molecule has 2 saturated heterocycles. The molecule has 12 heavy (non-hydrogen) atoms. The number of rotatable bonds is 0. The van der Waals surface area contributed by atoms with Crippen LogP contribution in [0.25, 0.3) is 0 Å². The average molecular weight is 168 g/mol. The van der Waals surface area contributed by atoms with Crippen molar-refractivity contribution in [1.82, 2.24) is 0 Å². The quantitative estimate of drug-likeness (QED) is 0.550. The fourth-order valence-corrected chi connectivity index (χ4v) is 3.00. The Labute approximate surface area is 73.2 Å². The van der Waals surface area contributed by atoms with Gasteiger partial charge in [-0.05, 0) is 32.1 Å². The monoisotopic (exact) mass is 168 g/mol. The molecule has 0 amide bonds. The molecule has 3 rings (SSSR count). The van der Waals surface area contributed by atoms with Crippen LogP contribution in [0.15, 0.2) is 0 Å². The summed E-state index contributed by atoms with van der Waals surface area (Å²) in [6.45, 7) is 4.48. The van der Waals surface area contributed by atoms with Crippen molar-refractivity contribution >= 4 is 0 Å². The van der Waals surface area contributed by atoms with E-state index in [1.165, 1.54) is 19.3 Å². The highest BCUT2D eigenvalue weighted by Gasteiger charge is 2.56. The van der Waals surface area contributed by atoms with Crippen LogP contribution in [0.2, 0.25) is 0 Å². The van der Waals surface area contributed by atoms with E-state index in [-0.39, 0.29) is 11.9 Å². The summed E-state index contributed by atoms with van der Waals surface area (Å²) in [6, 6.07) is 0. The van der Waals surface area contributed by atoms with Gasteiger partial charge in [-0.1, -0.05) is 6.92 Å². The lowest BCUT2D eigenvalue weighted by Gasteiger charge is -2.39. The van der Waals surface area contributed by atoms with Crippen LogP contribution in [-0.4, -0.2) is 18.0 Å². The maximum atomic E-state index is 5.95. The third kappa shape index (κ3) is 0.728. The third-order valence-corrected chi connectivity index (χ3v) is 4.07. The van der Waals surface area contributed by atoms with Crippen molar-refractivity contribution in [3.05, 3.63) is 0 Å². The molecule has 3 fully saturated rings. The van der Waals surface area contributed by atoms with E-state index < -0.39 is 0 Å². The largest absolute Gasteiger partial charge is 0.346 e. The molecule has 2 heterocycles. The van der Waals surface area contributed by atoms with Gasteiger partial charge < -0.3 is 9.47 Å². The molecule has 0 aromatic carbocycles. The molecule has 2 aliphatic heterocycles. The molecule has 3 bridgehead atoms. The van der Waals surface area contributed by atoms with E-state index in [9.17, 15) is 0 Å². The van der Waals surface area contributed by atoms with E-state index in [0.717, 1.165) is 5.92 Å². The van der Waals surface area contributed by atoms with E-state index in [4.69, 9.17) is 9.47 Å². The lowest BCUT2D eigenvalue weighted by Crippen LogP contribution is -2.43. The van der Waals surface area contributed by atoms with Crippen molar-refractivity contribution in [1.29, 1.82) is 0 Å². The van der Waals surface area contributed by atoms with Crippen molar-refractivity contribution in [3.63, 3.8) is 0 Å². The van der Waals surface area contributed by atoms with E-state index in [1.54, 1.807) is 0 Å². The Balaban J connectivity index is 2.00. The predicted octanol–water partition coefficient (Wildman–Crippen LogP) is 1.94. The van der Waals surface area contributed by atoms with Gasteiger partial charge in [-0.2, -0.15) is 0 Å².